The van der Waals surface area contributed by atoms with Crippen molar-refractivity contribution in [3.05, 3.63) is 29.3 Å². The van der Waals surface area contributed by atoms with E-state index in [-0.39, 0.29) is 23.7 Å². The molecule has 2 rings (SSSR count). The highest BCUT2D eigenvalue weighted by Gasteiger charge is 2.32. The minimum absolute atomic E-state index is 0.0625. The number of nitrogens with zero attached hydrogens (tertiary/aromatic N) is 2. The lowest BCUT2D eigenvalue weighted by Gasteiger charge is -2.16. The van der Waals surface area contributed by atoms with Crippen molar-refractivity contribution in [2.24, 2.45) is 10.9 Å². The van der Waals surface area contributed by atoms with E-state index in [0.29, 0.717) is 23.2 Å². The number of nitrogens with two attached hydrogens (primary N) is 1. The Kier molecular flexibility index (Phi) is 3.60. The molecule has 7 heteroatoms. The molecule has 0 aromatic heterocycles. The zero-order chi connectivity index (χ0) is 14.9. The summed E-state index contributed by atoms with van der Waals surface area (Å²) in [4.78, 5) is 24.7. The number of oxime groups is 1. The molecule has 0 radical (unpaired) electrons. The summed E-state index contributed by atoms with van der Waals surface area (Å²) < 4.78 is 0. The number of hydrogen-bond acceptors (Lipinski definition) is 5. The molecule has 20 heavy (non-hydrogen) atoms. The van der Waals surface area contributed by atoms with Crippen LogP contribution in [0.2, 0.25) is 0 Å². The molecule has 106 valence electrons. The molecule has 1 aliphatic rings. The van der Waals surface area contributed by atoms with E-state index >= 15 is 0 Å². The number of fused-ring (bicyclic) bond motifs is 1. The third-order valence-electron chi connectivity index (χ3n) is 3.31. The van der Waals surface area contributed by atoms with E-state index in [1.807, 2.05) is 6.92 Å². The second kappa shape index (κ2) is 5.20. The lowest BCUT2D eigenvalue weighted by Crippen LogP contribution is -2.35. The van der Waals surface area contributed by atoms with Crippen LogP contribution in [0.25, 0.3) is 0 Å². The zero-order valence-corrected chi connectivity index (χ0v) is 11.3. The van der Waals surface area contributed by atoms with Gasteiger partial charge < -0.3 is 16.3 Å². The van der Waals surface area contributed by atoms with Crippen molar-refractivity contribution in [1.29, 1.82) is 0 Å². The van der Waals surface area contributed by atoms with Gasteiger partial charge in [0, 0.05) is 12.7 Å². The van der Waals surface area contributed by atoms with E-state index in [0.717, 1.165) is 4.90 Å². The lowest BCUT2D eigenvalue weighted by molar-refractivity contribution is 0.0693. The second-order valence-corrected chi connectivity index (χ2v) is 4.56. The van der Waals surface area contributed by atoms with E-state index in [1.54, 1.807) is 18.2 Å². The van der Waals surface area contributed by atoms with Crippen LogP contribution in [0.4, 0.5) is 5.69 Å². The monoisotopic (exact) mass is 276 g/mol. The van der Waals surface area contributed by atoms with Gasteiger partial charge in [-0.25, -0.2) is 0 Å². The van der Waals surface area contributed by atoms with Crippen LogP contribution in [0, 0.1) is 0 Å². The Morgan fingerprint density at radius 3 is 2.65 bits per heavy atom. The molecule has 0 saturated heterocycles. The number of hydrogen-bond donors (Lipinski definition) is 3. The van der Waals surface area contributed by atoms with E-state index < -0.39 is 0 Å². The Morgan fingerprint density at radius 2 is 2.05 bits per heavy atom. The summed E-state index contributed by atoms with van der Waals surface area (Å²) in [6.45, 7) is 1.88. The first-order valence-corrected chi connectivity index (χ1v) is 6.20. The molecule has 1 aliphatic heterocycles. The minimum Gasteiger partial charge on any atom is -0.409 e. The minimum atomic E-state index is -0.344. The number of amidine groups is 1. The summed E-state index contributed by atoms with van der Waals surface area (Å²) in [5.41, 5.74) is 6.95. The van der Waals surface area contributed by atoms with Gasteiger partial charge in [-0.2, -0.15) is 0 Å². The molecule has 1 atom stereocenters. The summed E-state index contributed by atoms with van der Waals surface area (Å²) in [5.74, 6) is -0.571. The van der Waals surface area contributed by atoms with Crippen molar-refractivity contribution in [2.45, 2.75) is 19.4 Å². The average molecular weight is 276 g/mol. The third kappa shape index (κ3) is 2.18. The summed E-state index contributed by atoms with van der Waals surface area (Å²) >= 11 is 0. The van der Waals surface area contributed by atoms with Crippen LogP contribution in [-0.4, -0.2) is 40.8 Å². The van der Waals surface area contributed by atoms with Gasteiger partial charge in [-0.3, -0.25) is 14.5 Å². The predicted molar refractivity (Wildman–Crippen MR) is 74.0 cm³/mol. The SMILES string of the molecule is CCC(Nc1ccc2c(c1)C(=O)N(C)C2=O)C(N)=NO. The van der Waals surface area contributed by atoms with Gasteiger partial charge in [-0.1, -0.05) is 12.1 Å². The van der Waals surface area contributed by atoms with Crippen molar-refractivity contribution in [3.8, 4) is 0 Å². The van der Waals surface area contributed by atoms with Crippen molar-refractivity contribution in [1.82, 2.24) is 4.90 Å². The van der Waals surface area contributed by atoms with Gasteiger partial charge in [0.15, 0.2) is 5.84 Å². The van der Waals surface area contributed by atoms with Gasteiger partial charge in [-0.15, -0.1) is 0 Å². The van der Waals surface area contributed by atoms with Gasteiger partial charge in [0.1, 0.15) is 0 Å². The molecule has 2 amide bonds. The highest BCUT2D eigenvalue weighted by Crippen LogP contribution is 2.25. The Hall–Kier alpha value is -2.57. The first-order chi connectivity index (χ1) is 9.49. The summed E-state index contributed by atoms with van der Waals surface area (Å²) in [7, 11) is 1.45. The Morgan fingerprint density at radius 1 is 1.40 bits per heavy atom. The number of anilines is 1. The summed E-state index contributed by atoms with van der Waals surface area (Å²) in [6, 6.07) is 4.55. The average Bonchev–Trinajstić information content (AvgIpc) is 2.68. The van der Waals surface area contributed by atoms with E-state index in [1.165, 1.54) is 7.05 Å². The number of carbonyl (C=O) groups is 2. The summed E-state index contributed by atoms with van der Waals surface area (Å²) in [6.07, 6.45) is 0.611. The smallest absolute Gasteiger partial charge is 0.261 e. The number of rotatable bonds is 4. The molecule has 4 N–H and O–H groups in total. The van der Waals surface area contributed by atoms with Crippen LogP contribution in [0.5, 0.6) is 0 Å². The van der Waals surface area contributed by atoms with Crippen LogP contribution in [0.1, 0.15) is 34.1 Å². The fourth-order valence-electron chi connectivity index (χ4n) is 2.11. The molecule has 0 aliphatic carbocycles. The molecule has 1 heterocycles. The fraction of sp³-hybridized carbons (Fsp3) is 0.308. The fourth-order valence-corrected chi connectivity index (χ4v) is 2.11. The van der Waals surface area contributed by atoms with Crippen molar-refractivity contribution < 1.29 is 14.8 Å². The third-order valence-corrected chi connectivity index (χ3v) is 3.31. The van der Waals surface area contributed by atoms with Gasteiger partial charge in [0.05, 0.1) is 17.2 Å². The number of benzene rings is 1. The molecule has 0 spiro atoms. The molecule has 1 unspecified atom stereocenters. The lowest BCUT2D eigenvalue weighted by atomic mass is 10.1. The van der Waals surface area contributed by atoms with Crippen molar-refractivity contribution in [2.75, 3.05) is 12.4 Å². The molecule has 0 fully saturated rings. The molecule has 1 aromatic rings. The zero-order valence-electron chi connectivity index (χ0n) is 11.3. The number of amides is 2. The Bertz CT molecular complexity index is 597. The van der Waals surface area contributed by atoms with E-state index in [9.17, 15) is 9.59 Å². The van der Waals surface area contributed by atoms with Crippen molar-refractivity contribution >= 4 is 23.3 Å². The van der Waals surface area contributed by atoms with Crippen LogP contribution in [0.3, 0.4) is 0 Å². The van der Waals surface area contributed by atoms with Crippen LogP contribution >= 0.6 is 0 Å². The second-order valence-electron chi connectivity index (χ2n) is 4.56. The molecular weight excluding hydrogens is 260 g/mol. The molecule has 0 saturated carbocycles. The summed E-state index contributed by atoms with van der Waals surface area (Å²) in [5, 5.41) is 14.7. The molecular formula is C13H16N4O3. The van der Waals surface area contributed by atoms with E-state index in [4.69, 9.17) is 10.9 Å². The molecule has 1 aromatic carbocycles. The van der Waals surface area contributed by atoms with Crippen LogP contribution < -0.4 is 11.1 Å². The topological polar surface area (TPSA) is 108 Å². The Labute approximate surface area is 116 Å². The maximum absolute atomic E-state index is 11.9. The van der Waals surface area contributed by atoms with Gasteiger partial charge >= 0.3 is 0 Å². The standard InChI is InChI=1S/C13H16N4O3/c1-3-10(11(14)16-20)15-7-4-5-8-9(6-7)13(19)17(2)12(8)18/h4-6,10,15,20H,3H2,1-2H3,(H2,14,16). The first kappa shape index (κ1) is 13.9. The maximum Gasteiger partial charge on any atom is 0.261 e. The first-order valence-electron chi connectivity index (χ1n) is 6.20. The maximum atomic E-state index is 11.9. The number of nitrogens with one attached hydrogen (secondary N) is 1. The number of carbonyl (C=O) groups excluding carboxylic acids is 2. The van der Waals surface area contributed by atoms with Gasteiger partial charge in [-0.05, 0) is 24.6 Å². The van der Waals surface area contributed by atoms with Crippen LogP contribution in [-0.2, 0) is 0 Å². The molecule has 0 bridgehead atoms. The van der Waals surface area contributed by atoms with Gasteiger partial charge in [0.2, 0.25) is 0 Å². The predicted octanol–water partition coefficient (Wildman–Crippen LogP) is 0.849. The Balaban J connectivity index is 2.29. The van der Waals surface area contributed by atoms with Crippen LogP contribution in [0.15, 0.2) is 23.4 Å². The van der Waals surface area contributed by atoms with Gasteiger partial charge in [0.25, 0.3) is 11.8 Å². The largest absolute Gasteiger partial charge is 0.409 e. The highest BCUT2D eigenvalue weighted by atomic mass is 16.4. The number of imide groups is 1. The molecule has 7 nitrogen and oxygen atoms in total. The quantitative estimate of drug-likeness (QED) is 0.248. The highest BCUT2D eigenvalue weighted by molar-refractivity contribution is 6.21. The van der Waals surface area contributed by atoms with Crippen molar-refractivity contribution in [3.63, 3.8) is 0 Å². The normalized spacial score (nSPS) is 16.3. The van der Waals surface area contributed by atoms with E-state index in [2.05, 4.69) is 10.5 Å².